The average Bonchev–Trinajstić information content (AvgIpc) is 2.86. The molecular weight excluding hydrogens is 288 g/mol. The molecule has 0 aliphatic heterocycles. The van der Waals surface area contributed by atoms with Crippen LogP contribution in [-0.4, -0.2) is 17.7 Å². The van der Waals surface area contributed by atoms with Crippen LogP contribution in [0.1, 0.15) is 15.2 Å². The fourth-order valence-electron chi connectivity index (χ4n) is 1.58. The van der Waals surface area contributed by atoms with E-state index in [4.69, 9.17) is 5.11 Å². The third kappa shape index (κ3) is 3.67. The minimum atomic E-state index is -2.89. The van der Waals surface area contributed by atoms with Crippen LogP contribution < -0.4 is 10.1 Å². The van der Waals surface area contributed by atoms with Crippen LogP contribution in [0.2, 0.25) is 0 Å². The van der Waals surface area contributed by atoms with Gasteiger partial charge in [0.05, 0.1) is 11.3 Å². The maximum absolute atomic E-state index is 12.2. The lowest BCUT2D eigenvalue weighted by Crippen LogP contribution is -2.06. The summed E-state index contributed by atoms with van der Waals surface area (Å²) in [6, 6.07) is 7.87. The van der Waals surface area contributed by atoms with Gasteiger partial charge in [-0.1, -0.05) is 12.1 Å². The summed E-state index contributed by atoms with van der Waals surface area (Å²) >= 11 is 1.28. The Morgan fingerprint density at radius 2 is 2.15 bits per heavy atom. The molecule has 1 heterocycles. The zero-order valence-corrected chi connectivity index (χ0v) is 11.0. The Bertz CT molecular complexity index is 601. The van der Waals surface area contributed by atoms with Gasteiger partial charge < -0.3 is 15.2 Å². The number of carboxylic acid groups (broad SMARTS) is 1. The number of ether oxygens (including phenoxy) is 1. The van der Waals surface area contributed by atoms with Crippen LogP contribution in [-0.2, 0) is 6.54 Å². The van der Waals surface area contributed by atoms with Crippen molar-refractivity contribution in [1.82, 2.24) is 0 Å². The van der Waals surface area contributed by atoms with E-state index in [0.29, 0.717) is 12.2 Å². The molecule has 0 spiro atoms. The molecule has 2 rings (SSSR count). The van der Waals surface area contributed by atoms with Gasteiger partial charge in [0.1, 0.15) is 5.75 Å². The average molecular weight is 299 g/mol. The Morgan fingerprint density at radius 1 is 1.40 bits per heavy atom. The molecule has 0 saturated heterocycles. The SMILES string of the molecule is O=C(O)c1csc(CNc2ccccc2OC(F)F)c1. The summed E-state index contributed by atoms with van der Waals surface area (Å²) in [5.41, 5.74) is 0.641. The zero-order valence-electron chi connectivity index (χ0n) is 10.2. The molecule has 0 unspecified atom stereocenters. The minimum absolute atomic E-state index is 0.0533. The lowest BCUT2D eigenvalue weighted by Gasteiger charge is -2.11. The van der Waals surface area contributed by atoms with E-state index in [-0.39, 0.29) is 11.3 Å². The smallest absolute Gasteiger partial charge is 0.387 e. The van der Waals surface area contributed by atoms with Gasteiger partial charge in [0.15, 0.2) is 0 Å². The lowest BCUT2D eigenvalue weighted by molar-refractivity contribution is -0.0493. The zero-order chi connectivity index (χ0) is 14.5. The molecule has 1 aromatic carbocycles. The van der Waals surface area contributed by atoms with Crippen molar-refractivity contribution >= 4 is 23.0 Å². The molecule has 0 fully saturated rings. The second-order valence-corrected chi connectivity index (χ2v) is 4.83. The van der Waals surface area contributed by atoms with E-state index in [2.05, 4.69) is 10.1 Å². The van der Waals surface area contributed by atoms with Gasteiger partial charge >= 0.3 is 12.6 Å². The summed E-state index contributed by atoms with van der Waals surface area (Å²) in [5.74, 6) is -0.938. The van der Waals surface area contributed by atoms with Gasteiger partial charge in [-0.05, 0) is 18.2 Å². The van der Waals surface area contributed by atoms with Crippen LogP contribution in [0.5, 0.6) is 5.75 Å². The van der Waals surface area contributed by atoms with Crippen molar-refractivity contribution in [2.75, 3.05) is 5.32 Å². The largest absolute Gasteiger partial charge is 0.478 e. The number of alkyl halides is 2. The molecule has 106 valence electrons. The van der Waals surface area contributed by atoms with Gasteiger partial charge in [-0.15, -0.1) is 11.3 Å². The summed E-state index contributed by atoms with van der Waals surface area (Å²) < 4.78 is 28.9. The number of rotatable bonds is 6. The molecular formula is C13H11F2NO3S. The number of benzene rings is 1. The van der Waals surface area contributed by atoms with Gasteiger partial charge in [-0.3, -0.25) is 0 Å². The molecule has 0 aliphatic carbocycles. The number of anilines is 1. The van der Waals surface area contributed by atoms with Crippen LogP contribution in [0, 0.1) is 0 Å². The van der Waals surface area contributed by atoms with Crippen molar-refractivity contribution in [3.05, 3.63) is 46.2 Å². The van der Waals surface area contributed by atoms with Crippen molar-refractivity contribution in [2.45, 2.75) is 13.2 Å². The maximum Gasteiger partial charge on any atom is 0.387 e. The summed E-state index contributed by atoms with van der Waals surface area (Å²) in [7, 11) is 0. The van der Waals surface area contributed by atoms with Crippen molar-refractivity contribution in [3.8, 4) is 5.75 Å². The van der Waals surface area contributed by atoms with Crippen molar-refractivity contribution in [2.24, 2.45) is 0 Å². The van der Waals surface area contributed by atoms with Crippen LogP contribution >= 0.6 is 11.3 Å². The fraction of sp³-hybridized carbons (Fsp3) is 0.154. The van der Waals surface area contributed by atoms with Crippen molar-refractivity contribution in [3.63, 3.8) is 0 Å². The number of hydrogen-bond donors (Lipinski definition) is 2. The maximum atomic E-state index is 12.2. The highest BCUT2D eigenvalue weighted by molar-refractivity contribution is 7.10. The second-order valence-electron chi connectivity index (χ2n) is 3.84. The number of hydrogen-bond acceptors (Lipinski definition) is 4. The topological polar surface area (TPSA) is 58.6 Å². The van der Waals surface area contributed by atoms with Crippen LogP contribution in [0.4, 0.5) is 14.5 Å². The predicted octanol–water partition coefficient (Wildman–Crippen LogP) is 3.66. The van der Waals surface area contributed by atoms with E-state index in [1.165, 1.54) is 28.8 Å². The molecule has 7 heteroatoms. The Balaban J connectivity index is 2.04. The molecule has 0 saturated carbocycles. The van der Waals surface area contributed by atoms with Crippen molar-refractivity contribution in [1.29, 1.82) is 0 Å². The first kappa shape index (κ1) is 14.3. The lowest BCUT2D eigenvalue weighted by atomic mass is 10.2. The summed E-state index contributed by atoms with van der Waals surface area (Å²) in [5, 5.41) is 13.3. The Hall–Kier alpha value is -2.15. The first-order valence-corrected chi connectivity index (χ1v) is 6.52. The molecule has 0 radical (unpaired) electrons. The predicted molar refractivity (Wildman–Crippen MR) is 71.7 cm³/mol. The van der Waals surface area contributed by atoms with Gasteiger partial charge in [0, 0.05) is 16.8 Å². The summed E-state index contributed by atoms with van der Waals surface area (Å²) in [6.45, 7) is -2.56. The molecule has 20 heavy (non-hydrogen) atoms. The molecule has 2 aromatic rings. The molecule has 1 aromatic heterocycles. The monoisotopic (exact) mass is 299 g/mol. The minimum Gasteiger partial charge on any atom is -0.478 e. The van der Waals surface area contributed by atoms with E-state index < -0.39 is 12.6 Å². The standard InChI is InChI=1S/C13H11F2NO3S/c14-13(15)19-11-4-2-1-3-10(11)16-6-9-5-8(7-20-9)12(17)18/h1-5,7,13,16H,6H2,(H,17,18). The number of carbonyl (C=O) groups is 1. The van der Waals surface area contributed by atoms with Gasteiger partial charge in [-0.2, -0.15) is 8.78 Å². The number of aromatic carboxylic acids is 1. The van der Waals surface area contributed by atoms with Gasteiger partial charge in [0.2, 0.25) is 0 Å². The van der Waals surface area contributed by atoms with Gasteiger partial charge in [0.25, 0.3) is 0 Å². The second kappa shape index (κ2) is 6.33. The molecule has 0 atom stereocenters. The molecule has 4 nitrogen and oxygen atoms in total. The van der Waals surface area contributed by atoms with E-state index in [9.17, 15) is 13.6 Å². The third-order valence-corrected chi connectivity index (χ3v) is 3.39. The van der Waals surface area contributed by atoms with E-state index in [1.54, 1.807) is 18.2 Å². The molecule has 2 N–H and O–H groups in total. The third-order valence-electron chi connectivity index (χ3n) is 2.46. The van der Waals surface area contributed by atoms with Gasteiger partial charge in [-0.25, -0.2) is 4.79 Å². The number of nitrogens with one attached hydrogen (secondary N) is 1. The van der Waals surface area contributed by atoms with Crippen LogP contribution in [0.25, 0.3) is 0 Å². The van der Waals surface area contributed by atoms with E-state index in [0.717, 1.165) is 4.88 Å². The summed E-state index contributed by atoms with van der Waals surface area (Å²) in [4.78, 5) is 11.5. The molecule has 0 amide bonds. The normalized spacial score (nSPS) is 10.6. The number of thiophene rings is 1. The van der Waals surface area contributed by atoms with E-state index in [1.807, 2.05) is 0 Å². The first-order valence-electron chi connectivity index (χ1n) is 5.64. The number of carboxylic acids is 1. The molecule has 0 aliphatic rings. The van der Waals surface area contributed by atoms with E-state index >= 15 is 0 Å². The van der Waals surface area contributed by atoms with Crippen LogP contribution in [0.3, 0.4) is 0 Å². The number of halogens is 2. The quantitative estimate of drug-likeness (QED) is 0.854. The first-order chi connectivity index (χ1) is 9.56. The Morgan fingerprint density at radius 3 is 2.80 bits per heavy atom. The molecule has 0 bridgehead atoms. The fourth-order valence-corrected chi connectivity index (χ4v) is 2.38. The Kier molecular flexibility index (Phi) is 4.52. The number of para-hydroxylation sites is 2. The summed E-state index contributed by atoms with van der Waals surface area (Å²) in [6.07, 6.45) is 0. The van der Waals surface area contributed by atoms with Crippen LogP contribution in [0.15, 0.2) is 35.7 Å². The highest BCUT2D eigenvalue weighted by atomic mass is 32.1. The highest BCUT2D eigenvalue weighted by Crippen LogP contribution is 2.26. The highest BCUT2D eigenvalue weighted by Gasteiger charge is 2.10. The Labute approximate surface area is 117 Å². The van der Waals surface area contributed by atoms with Crippen molar-refractivity contribution < 1.29 is 23.4 Å².